The maximum absolute atomic E-state index is 11.6. The molecular formula is C12H14N4OS. The molecular weight excluding hydrogens is 248 g/mol. The van der Waals surface area contributed by atoms with Crippen molar-refractivity contribution in [1.82, 2.24) is 15.3 Å². The van der Waals surface area contributed by atoms with E-state index in [4.69, 9.17) is 0 Å². The predicted octanol–water partition coefficient (Wildman–Crippen LogP) is 2.48. The van der Waals surface area contributed by atoms with Crippen LogP contribution in [0, 0.1) is 13.8 Å². The molecule has 0 atom stereocenters. The molecule has 2 rings (SSSR count). The summed E-state index contributed by atoms with van der Waals surface area (Å²) in [7, 11) is 0. The van der Waals surface area contributed by atoms with E-state index >= 15 is 0 Å². The lowest BCUT2D eigenvalue weighted by Gasteiger charge is -2.04. The van der Waals surface area contributed by atoms with E-state index in [2.05, 4.69) is 20.6 Å². The summed E-state index contributed by atoms with van der Waals surface area (Å²) >= 11 is 1.59. The summed E-state index contributed by atoms with van der Waals surface area (Å²) in [5.41, 5.74) is 1.02. The van der Waals surface area contributed by atoms with Gasteiger partial charge in [-0.2, -0.15) is 0 Å². The van der Waals surface area contributed by atoms with E-state index in [1.807, 2.05) is 19.9 Å². The number of carbonyl (C=O) groups excluding carboxylic acids is 1. The highest BCUT2D eigenvalue weighted by Gasteiger charge is 2.06. The number of nitrogens with one attached hydrogen (secondary N) is 2. The van der Waals surface area contributed by atoms with Crippen molar-refractivity contribution in [2.75, 3.05) is 5.32 Å². The highest BCUT2D eigenvalue weighted by molar-refractivity contribution is 7.11. The first kappa shape index (κ1) is 12.5. The number of hydrogen-bond donors (Lipinski definition) is 2. The van der Waals surface area contributed by atoms with E-state index in [1.54, 1.807) is 29.7 Å². The van der Waals surface area contributed by atoms with Crippen LogP contribution in [-0.4, -0.2) is 16.0 Å². The van der Waals surface area contributed by atoms with Crippen LogP contribution in [0.25, 0.3) is 0 Å². The molecule has 0 aliphatic heterocycles. The first-order valence-electron chi connectivity index (χ1n) is 5.54. The van der Waals surface area contributed by atoms with Crippen LogP contribution >= 0.6 is 11.3 Å². The lowest BCUT2D eigenvalue weighted by atomic mass is 10.4. The van der Waals surface area contributed by atoms with E-state index in [9.17, 15) is 4.79 Å². The van der Waals surface area contributed by atoms with Crippen molar-refractivity contribution in [2.24, 2.45) is 0 Å². The molecule has 2 amide bonds. The number of hydrogen-bond acceptors (Lipinski definition) is 4. The quantitative estimate of drug-likeness (QED) is 0.893. The van der Waals surface area contributed by atoms with Gasteiger partial charge < -0.3 is 5.32 Å². The van der Waals surface area contributed by atoms with Crippen molar-refractivity contribution in [3.63, 3.8) is 0 Å². The van der Waals surface area contributed by atoms with Gasteiger partial charge in [0.05, 0.1) is 12.2 Å². The van der Waals surface area contributed by atoms with Crippen LogP contribution in [0.4, 0.5) is 10.6 Å². The molecule has 0 unspecified atom stereocenters. The normalized spacial score (nSPS) is 10.1. The zero-order valence-corrected chi connectivity index (χ0v) is 11.0. The molecule has 5 nitrogen and oxygen atoms in total. The largest absolute Gasteiger partial charge is 0.331 e. The van der Waals surface area contributed by atoms with Crippen LogP contribution < -0.4 is 10.6 Å². The monoisotopic (exact) mass is 262 g/mol. The van der Waals surface area contributed by atoms with Gasteiger partial charge in [0, 0.05) is 11.1 Å². The van der Waals surface area contributed by atoms with Gasteiger partial charge in [0.2, 0.25) is 0 Å². The van der Waals surface area contributed by atoms with Crippen LogP contribution in [0.2, 0.25) is 0 Å². The van der Waals surface area contributed by atoms with Crippen LogP contribution in [0.3, 0.4) is 0 Å². The number of pyridine rings is 1. The molecule has 6 heteroatoms. The molecule has 2 N–H and O–H groups in total. The van der Waals surface area contributed by atoms with Crippen LogP contribution in [0.15, 0.2) is 24.4 Å². The fraction of sp³-hybridized carbons (Fsp3) is 0.250. The van der Waals surface area contributed by atoms with Crippen molar-refractivity contribution >= 4 is 23.2 Å². The summed E-state index contributed by atoms with van der Waals surface area (Å²) in [5, 5.41) is 6.30. The molecule has 18 heavy (non-hydrogen) atoms. The predicted molar refractivity (Wildman–Crippen MR) is 71.7 cm³/mol. The lowest BCUT2D eigenvalue weighted by Crippen LogP contribution is -2.28. The molecule has 0 aromatic carbocycles. The Morgan fingerprint density at radius 3 is 2.83 bits per heavy atom. The van der Waals surface area contributed by atoms with Gasteiger partial charge in [-0.3, -0.25) is 5.32 Å². The van der Waals surface area contributed by atoms with Crippen LogP contribution in [0.5, 0.6) is 0 Å². The minimum absolute atomic E-state index is 0.279. The van der Waals surface area contributed by atoms with E-state index in [1.165, 1.54) is 4.88 Å². The lowest BCUT2D eigenvalue weighted by molar-refractivity contribution is 0.251. The van der Waals surface area contributed by atoms with Crippen molar-refractivity contribution in [1.29, 1.82) is 0 Å². The Morgan fingerprint density at radius 2 is 2.22 bits per heavy atom. The maximum Gasteiger partial charge on any atom is 0.320 e. The second kappa shape index (κ2) is 5.59. The van der Waals surface area contributed by atoms with Crippen molar-refractivity contribution < 1.29 is 4.79 Å². The SMILES string of the molecule is Cc1nc(CNC(=O)Nc2ccccn2)sc1C. The van der Waals surface area contributed by atoms with E-state index in [0.29, 0.717) is 12.4 Å². The van der Waals surface area contributed by atoms with Crippen LogP contribution in [-0.2, 0) is 6.54 Å². The molecule has 0 saturated carbocycles. The van der Waals surface area contributed by atoms with Crippen molar-refractivity contribution in [2.45, 2.75) is 20.4 Å². The number of urea groups is 1. The third kappa shape index (κ3) is 3.27. The van der Waals surface area contributed by atoms with E-state index in [-0.39, 0.29) is 6.03 Å². The van der Waals surface area contributed by atoms with Crippen molar-refractivity contribution in [3.05, 3.63) is 40.0 Å². The summed E-state index contributed by atoms with van der Waals surface area (Å²) < 4.78 is 0. The molecule has 0 fully saturated rings. The summed E-state index contributed by atoms with van der Waals surface area (Å²) in [4.78, 5) is 21.1. The summed E-state index contributed by atoms with van der Waals surface area (Å²) in [6.07, 6.45) is 1.63. The minimum Gasteiger partial charge on any atom is -0.331 e. The average molecular weight is 262 g/mol. The molecule has 0 radical (unpaired) electrons. The Kier molecular flexibility index (Phi) is 3.88. The molecule has 0 aliphatic rings. The fourth-order valence-electron chi connectivity index (χ4n) is 1.37. The smallest absolute Gasteiger partial charge is 0.320 e. The van der Waals surface area contributed by atoms with Gasteiger partial charge in [0.25, 0.3) is 0 Å². The van der Waals surface area contributed by atoms with Gasteiger partial charge in [0.1, 0.15) is 10.8 Å². The first-order chi connectivity index (χ1) is 8.65. The Bertz CT molecular complexity index is 519. The molecule has 0 bridgehead atoms. The number of rotatable bonds is 3. The Hall–Kier alpha value is -1.95. The number of aryl methyl sites for hydroxylation is 2. The third-order valence-corrected chi connectivity index (χ3v) is 3.45. The average Bonchev–Trinajstić information content (AvgIpc) is 2.68. The fourth-order valence-corrected chi connectivity index (χ4v) is 2.24. The van der Waals surface area contributed by atoms with E-state index in [0.717, 1.165) is 10.7 Å². The zero-order chi connectivity index (χ0) is 13.0. The third-order valence-electron chi connectivity index (χ3n) is 2.38. The summed E-state index contributed by atoms with van der Waals surface area (Å²) in [5.74, 6) is 0.529. The molecule has 0 aliphatic carbocycles. The Morgan fingerprint density at radius 1 is 1.39 bits per heavy atom. The maximum atomic E-state index is 11.6. The number of aromatic nitrogens is 2. The number of thiazole rings is 1. The van der Waals surface area contributed by atoms with Gasteiger partial charge in [-0.1, -0.05) is 6.07 Å². The Labute approximate surface area is 109 Å². The second-order valence-electron chi connectivity index (χ2n) is 3.77. The first-order valence-corrected chi connectivity index (χ1v) is 6.35. The van der Waals surface area contributed by atoms with Gasteiger partial charge >= 0.3 is 6.03 Å². The minimum atomic E-state index is -0.279. The number of carbonyl (C=O) groups is 1. The molecule has 0 spiro atoms. The van der Waals surface area contributed by atoms with Gasteiger partial charge in [-0.25, -0.2) is 14.8 Å². The number of amides is 2. The molecule has 2 aromatic rings. The van der Waals surface area contributed by atoms with Crippen LogP contribution in [0.1, 0.15) is 15.6 Å². The van der Waals surface area contributed by atoms with Gasteiger partial charge in [0.15, 0.2) is 0 Å². The van der Waals surface area contributed by atoms with Crippen molar-refractivity contribution in [3.8, 4) is 0 Å². The number of nitrogens with zero attached hydrogens (tertiary/aromatic N) is 2. The standard InChI is InChI=1S/C12H14N4OS/c1-8-9(2)18-11(15-8)7-14-12(17)16-10-5-3-4-6-13-10/h3-6H,7H2,1-2H3,(H2,13,14,16,17). The van der Waals surface area contributed by atoms with Gasteiger partial charge in [-0.05, 0) is 26.0 Å². The second-order valence-corrected chi connectivity index (χ2v) is 5.06. The molecule has 0 saturated heterocycles. The van der Waals surface area contributed by atoms with Gasteiger partial charge in [-0.15, -0.1) is 11.3 Å². The van der Waals surface area contributed by atoms with E-state index < -0.39 is 0 Å². The zero-order valence-electron chi connectivity index (χ0n) is 10.2. The summed E-state index contributed by atoms with van der Waals surface area (Å²) in [6, 6.07) is 5.07. The highest BCUT2D eigenvalue weighted by atomic mass is 32.1. The summed E-state index contributed by atoms with van der Waals surface area (Å²) in [6.45, 7) is 4.41. The Balaban J connectivity index is 1.85. The highest BCUT2D eigenvalue weighted by Crippen LogP contribution is 2.15. The topological polar surface area (TPSA) is 66.9 Å². The molecule has 94 valence electrons. The molecule has 2 heterocycles. The molecule has 2 aromatic heterocycles. The number of anilines is 1.